The summed E-state index contributed by atoms with van der Waals surface area (Å²) in [5, 5.41) is 3.95. The predicted octanol–water partition coefficient (Wildman–Crippen LogP) is 2.48. The van der Waals surface area contributed by atoms with Crippen LogP contribution in [-0.4, -0.2) is 34.0 Å². The van der Waals surface area contributed by atoms with Crippen LogP contribution in [0.15, 0.2) is 22.7 Å². The summed E-state index contributed by atoms with van der Waals surface area (Å²) in [7, 11) is 0. The number of fused-ring (bicyclic) bond motifs is 1. The summed E-state index contributed by atoms with van der Waals surface area (Å²) in [4.78, 5) is 18.3. The number of carbonyl (C=O) groups excluding carboxylic acids is 1. The summed E-state index contributed by atoms with van der Waals surface area (Å²) in [5.74, 6) is 0.902. The minimum atomic E-state index is 0.0174. The number of benzene rings is 1. The lowest BCUT2D eigenvalue weighted by Gasteiger charge is -2.22. The molecule has 1 heterocycles. The molecule has 128 valence electrons. The number of aromatic nitrogens is 2. The van der Waals surface area contributed by atoms with E-state index in [9.17, 15) is 4.79 Å². The molecule has 0 radical (unpaired) electrons. The Morgan fingerprint density at radius 3 is 2.92 bits per heavy atom. The van der Waals surface area contributed by atoms with Crippen molar-refractivity contribution in [1.82, 2.24) is 15.0 Å². The van der Waals surface area contributed by atoms with Gasteiger partial charge in [-0.2, -0.15) is 4.98 Å². The van der Waals surface area contributed by atoms with E-state index in [0.717, 1.165) is 24.8 Å². The smallest absolute Gasteiger partial charge is 0.257 e. The Morgan fingerprint density at radius 2 is 2.17 bits per heavy atom. The second kappa shape index (κ2) is 7.13. The average molecular weight is 328 g/mol. The molecule has 24 heavy (non-hydrogen) atoms. The fraction of sp³-hybridized carbons (Fsp3) is 0.500. The van der Waals surface area contributed by atoms with Gasteiger partial charge in [0.05, 0.1) is 6.42 Å². The summed E-state index contributed by atoms with van der Waals surface area (Å²) in [5.41, 5.74) is 9.51. The number of nitrogens with zero attached hydrogens (tertiary/aromatic N) is 3. The lowest BCUT2D eigenvalue weighted by molar-refractivity contribution is -0.130. The molecule has 1 atom stereocenters. The number of aryl methyl sites for hydroxylation is 1. The van der Waals surface area contributed by atoms with Crippen molar-refractivity contribution in [3.8, 4) is 11.5 Å². The van der Waals surface area contributed by atoms with E-state index >= 15 is 0 Å². The van der Waals surface area contributed by atoms with Crippen LogP contribution in [0.3, 0.4) is 0 Å². The van der Waals surface area contributed by atoms with Crippen LogP contribution in [0.25, 0.3) is 11.5 Å². The molecule has 1 aromatic heterocycles. The zero-order chi connectivity index (χ0) is 17.1. The monoisotopic (exact) mass is 328 g/mol. The van der Waals surface area contributed by atoms with Gasteiger partial charge in [-0.1, -0.05) is 11.2 Å². The maximum absolute atomic E-state index is 12.1. The lowest BCUT2D eigenvalue weighted by Crippen LogP contribution is -2.32. The Hall–Kier alpha value is -2.21. The minimum Gasteiger partial charge on any atom is -0.343 e. The Labute approximate surface area is 142 Å². The van der Waals surface area contributed by atoms with E-state index in [1.54, 1.807) is 4.90 Å². The second-order valence-corrected chi connectivity index (χ2v) is 6.17. The van der Waals surface area contributed by atoms with Crippen molar-refractivity contribution in [1.29, 1.82) is 0 Å². The van der Waals surface area contributed by atoms with Gasteiger partial charge in [0.2, 0.25) is 5.91 Å². The zero-order valence-electron chi connectivity index (χ0n) is 14.3. The number of carbonyl (C=O) groups is 1. The van der Waals surface area contributed by atoms with Crippen molar-refractivity contribution in [2.45, 2.75) is 45.6 Å². The topological polar surface area (TPSA) is 85.2 Å². The van der Waals surface area contributed by atoms with Crippen LogP contribution in [0.5, 0.6) is 0 Å². The molecule has 1 aromatic carbocycles. The molecule has 1 unspecified atom stereocenters. The van der Waals surface area contributed by atoms with Gasteiger partial charge in [-0.25, -0.2) is 0 Å². The molecule has 6 heteroatoms. The molecular weight excluding hydrogens is 304 g/mol. The normalized spacial score (nSPS) is 16.7. The second-order valence-electron chi connectivity index (χ2n) is 6.17. The molecule has 6 nitrogen and oxygen atoms in total. The zero-order valence-corrected chi connectivity index (χ0v) is 14.3. The van der Waals surface area contributed by atoms with Crippen LogP contribution < -0.4 is 5.73 Å². The van der Waals surface area contributed by atoms with Crippen LogP contribution in [-0.2, 0) is 17.6 Å². The highest BCUT2D eigenvalue weighted by Gasteiger charge is 2.19. The first-order valence-corrected chi connectivity index (χ1v) is 8.61. The van der Waals surface area contributed by atoms with Crippen LogP contribution in [0.1, 0.15) is 49.7 Å². The maximum atomic E-state index is 12.1. The first-order valence-electron chi connectivity index (χ1n) is 8.61. The molecule has 1 amide bonds. The fourth-order valence-electron chi connectivity index (χ4n) is 3.25. The first kappa shape index (κ1) is 16.6. The van der Waals surface area contributed by atoms with E-state index in [1.807, 2.05) is 19.9 Å². The number of rotatable bonds is 5. The predicted molar refractivity (Wildman–Crippen MR) is 91.2 cm³/mol. The molecule has 2 aromatic rings. The molecule has 0 spiro atoms. The number of hydrogen-bond acceptors (Lipinski definition) is 5. The van der Waals surface area contributed by atoms with E-state index < -0.39 is 0 Å². The maximum Gasteiger partial charge on any atom is 0.257 e. The van der Waals surface area contributed by atoms with E-state index in [4.69, 9.17) is 10.3 Å². The van der Waals surface area contributed by atoms with Crippen LogP contribution in [0.2, 0.25) is 0 Å². The third-order valence-corrected chi connectivity index (χ3v) is 4.64. The molecular formula is C18H24N4O2. The van der Waals surface area contributed by atoms with Gasteiger partial charge >= 0.3 is 0 Å². The van der Waals surface area contributed by atoms with Gasteiger partial charge in [-0.15, -0.1) is 0 Å². The molecule has 1 aliphatic rings. The largest absolute Gasteiger partial charge is 0.343 e. The van der Waals surface area contributed by atoms with E-state index in [-0.39, 0.29) is 18.4 Å². The molecule has 3 rings (SSSR count). The van der Waals surface area contributed by atoms with E-state index in [1.165, 1.54) is 11.1 Å². The van der Waals surface area contributed by atoms with Gasteiger partial charge < -0.3 is 15.2 Å². The number of amides is 1. The molecule has 1 aliphatic carbocycles. The molecule has 0 saturated heterocycles. The summed E-state index contributed by atoms with van der Waals surface area (Å²) in [6, 6.07) is 6.22. The number of likely N-dealkylation sites (N-methyl/N-ethyl adjacent to an activating group) is 1. The fourth-order valence-corrected chi connectivity index (χ4v) is 3.25. The van der Waals surface area contributed by atoms with E-state index in [2.05, 4.69) is 22.3 Å². The van der Waals surface area contributed by atoms with Crippen molar-refractivity contribution in [2.75, 3.05) is 13.1 Å². The molecule has 2 N–H and O–H groups in total. The highest BCUT2D eigenvalue weighted by Crippen LogP contribution is 2.31. The number of hydrogen-bond donors (Lipinski definition) is 1. The highest BCUT2D eigenvalue weighted by atomic mass is 16.5. The van der Waals surface area contributed by atoms with Crippen molar-refractivity contribution < 1.29 is 9.32 Å². The Balaban J connectivity index is 1.77. The lowest BCUT2D eigenvalue weighted by atomic mass is 9.87. The van der Waals surface area contributed by atoms with E-state index in [0.29, 0.717) is 24.8 Å². The van der Waals surface area contributed by atoms with Crippen LogP contribution >= 0.6 is 0 Å². The van der Waals surface area contributed by atoms with Crippen molar-refractivity contribution >= 4 is 5.91 Å². The van der Waals surface area contributed by atoms with Crippen molar-refractivity contribution in [3.05, 3.63) is 35.2 Å². The number of nitrogens with two attached hydrogens (primary N) is 1. The Kier molecular flexibility index (Phi) is 4.94. The molecule has 0 fully saturated rings. The molecule has 0 aliphatic heterocycles. The summed E-state index contributed by atoms with van der Waals surface area (Å²) >= 11 is 0. The Morgan fingerprint density at radius 1 is 1.38 bits per heavy atom. The quantitative estimate of drug-likeness (QED) is 0.911. The van der Waals surface area contributed by atoms with Gasteiger partial charge in [-0.3, -0.25) is 4.79 Å². The van der Waals surface area contributed by atoms with Crippen molar-refractivity contribution in [3.63, 3.8) is 0 Å². The van der Waals surface area contributed by atoms with Crippen molar-refractivity contribution in [2.24, 2.45) is 5.73 Å². The van der Waals surface area contributed by atoms with Crippen LogP contribution in [0, 0.1) is 0 Å². The minimum absolute atomic E-state index is 0.0174. The third kappa shape index (κ3) is 3.33. The summed E-state index contributed by atoms with van der Waals surface area (Å²) in [6.45, 7) is 5.29. The molecule has 0 saturated carbocycles. The molecule has 0 bridgehead atoms. The first-order chi connectivity index (χ1) is 11.6. The van der Waals surface area contributed by atoms with Gasteiger partial charge in [0.25, 0.3) is 5.89 Å². The Bertz CT molecular complexity index is 722. The summed E-state index contributed by atoms with van der Waals surface area (Å²) in [6.07, 6.45) is 3.33. The van der Waals surface area contributed by atoms with Crippen LogP contribution in [0.4, 0.5) is 0 Å². The van der Waals surface area contributed by atoms with Gasteiger partial charge in [-0.05, 0) is 56.4 Å². The third-order valence-electron chi connectivity index (χ3n) is 4.64. The average Bonchev–Trinajstić information content (AvgIpc) is 3.04. The van der Waals surface area contributed by atoms with Gasteiger partial charge in [0.15, 0.2) is 5.82 Å². The highest BCUT2D eigenvalue weighted by molar-refractivity contribution is 5.78. The van der Waals surface area contributed by atoms with Gasteiger partial charge in [0, 0.05) is 24.7 Å². The standard InChI is InChI=1S/C18H24N4O2/c1-3-22(4-2)17(23)11-16-20-18(24-21-16)13-8-9-14-12(10-13)6-5-7-15(14)19/h8-10,15H,3-7,11,19H2,1-2H3. The van der Waals surface area contributed by atoms with Gasteiger partial charge in [0.1, 0.15) is 0 Å². The SMILES string of the molecule is CCN(CC)C(=O)Cc1noc(-c2ccc3c(c2)CCCC3N)n1. The summed E-state index contributed by atoms with van der Waals surface area (Å²) < 4.78 is 5.35.